The second-order valence-corrected chi connectivity index (χ2v) is 9.18. The number of rotatable bonds is 8. The minimum absolute atomic E-state index is 0.330. The first-order chi connectivity index (χ1) is 15.7. The molecule has 33 heavy (non-hydrogen) atoms. The van der Waals surface area contributed by atoms with Crippen LogP contribution in [-0.2, 0) is 5.41 Å². The van der Waals surface area contributed by atoms with Crippen molar-refractivity contribution in [2.75, 3.05) is 0 Å². The molecule has 1 heterocycles. The number of hydrogen-bond acceptors (Lipinski definition) is 2. The molecular weight excluding hydrogens is 400 g/mol. The molecule has 1 aromatic rings. The van der Waals surface area contributed by atoms with Crippen molar-refractivity contribution in [3.8, 4) is 0 Å². The van der Waals surface area contributed by atoms with E-state index >= 15 is 0 Å². The highest BCUT2D eigenvalue weighted by Crippen LogP contribution is 2.44. The zero-order valence-electron chi connectivity index (χ0n) is 22.0. The summed E-state index contributed by atoms with van der Waals surface area (Å²) in [6.45, 7) is 25.6. The summed E-state index contributed by atoms with van der Waals surface area (Å²) in [5.41, 5.74) is 10.3. The summed E-state index contributed by atoms with van der Waals surface area (Å²) in [5, 5.41) is 3.68. The quantitative estimate of drug-likeness (QED) is 0.316. The van der Waals surface area contributed by atoms with E-state index in [1.54, 1.807) is 0 Å². The molecule has 1 aliphatic rings. The highest BCUT2D eigenvalue weighted by molar-refractivity contribution is 5.61. The van der Waals surface area contributed by atoms with Crippen LogP contribution in [0.15, 0.2) is 94.5 Å². The Bertz CT molecular complexity index is 1060. The molecule has 1 N–H and O–H groups in total. The molecule has 0 aromatic heterocycles. The van der Waals surface area contributed by atoms with E-state index in [0.717, 1.165) is 35.5 Å². The van der Waals surface area contributed by atoms with Gasteiger partial charge in [0.1, 0.15) is 0 Å². The van der Waals surface area contributed by atoms with Crippen molar-refractivity contribution in [3.63, 3.8) is 0 Å². The lowest BCUT2D eigenvalue weighted by molar-refractivity contribution is 0.556. The molecule has 0 radical (unpaired) electrons. The fraction of sp³-hybridized carbons (Fsp3) is 0.387. The van der Waals surface area contributed by atoms with Crippen LogP contribution in [0.2, 0.25) is 0 Å². The lowest BCUT2D eigenvalue weighted by atomic mass is 9.68. The van der Waals surface area contributed by atoms with Crippen molar-refractivity contribution < 1.29 is 0 Å². The Morgan fingerprint density at radius 1 is 1.21 bits per heavy atom. The smallest absolute Gasteiger partial charge is 0.0644 e. The molecule has 2 nitrogen and oxygen atoms in total. The summed E-state index contributed by atoms with van der Waals surface area (Å²) in [6, 6.07) is 6.94. The van der Waals surface area contributed by atoms with Crippen LogP contribution in [0.25, 0.3) is 0 Å². The van der Waals surface area contributed by atoms with E-state index in [1.165, 1.54) is 27.8 Å². The molecule has 2 unspecified atom stereocenters. The molecule has 2 rings (SSSR count). The Labute approximate surface area is 202 Å². The molecule has 0 aliphatic carbocycles. The Balaban J connectivity index is 3.00. The van der Waals surface area contributed by atoms with Gasteiger partial charge in [0, 0.05) is 28.9 Å². The van der Waals surface area contributed by atoms with E-state index in [1.807, 2.05) is 19.2 Å². The number of benzene rings is 1. The molecule has 2 heteroatoms. The number of allylic oxidation sites excluding steroid dienone is 8. The third-order valence-corrected chi connectivity index (χ3v) is 6.86. The van der Waals surface area contributed by atoms with Crippen LogP contribution in [-0.4, -0.2) is 6.21 Å². The molecule has 0 fully saturated rings. The Morgan fingerprint density at radius 2 is 1.91 bits per heavy atom. The SMILES string of the molecule is C=C/C1=C(\C=C/C)N/C(C)=C(C)/C(N=CC)=C\C1(CCC)c1ccc(C(C)C(=C)C)c(C)c1. The van der Waals surface area contributed by atoms with Crippen LogP contribution in [0, 0.1) is 6.92 Å². The van der Waals surface area contributed by atoms with Crippen molar-refractivity contribution >= 4 is 6.21 Å². The van der Waals surface area contributed by atoms with Crippen LogP contribution in [0.3, 0.4) is 0 Å². The molecule has 0 amide bonds. The average molecular weight is 443 g/mol. The molecule has 176 valence electrons. The summed E-state index contributed by atoms with van der Waals surface area (Å²) in [4.78, 5) is 4.80. The first-order valence-electron chi connectivity index (χ1n) is 12.1. The van der Waals surface area contributed by atoms with Gasteiger partial charge >= 0.3 is 0 Å². The van der Waals surface area contributed by atoms with Gasteiger partial charge in [-0.1, -0.05) is 69.4 Å². The van der Waals surface area contributed by atoms with Crippen LogP contribution in [0.4, 0.5) is 0 Å². The number of nitrogens with one attached hydrogen (secondary N) is 1. The largest absolute Gasteiger partial charge is 0.359 e. The second-order valence-electron chi connectivity index (χ2n) is 9.18. The van der Waals surface area contributed by atoms with Crippen molar-refractivity contribution in [1.82, 2.24) is 5.32 Å². The van der Waals surface area contributed by atoms with E-state index in [0.29, 0.717) is 5.92 Å². The van der Waals surface area contributed by atoms with Gasteiger partial charge in [0.25, 0.3) is 0 Å². The zero-order chi connectivity index (χ0) is 24.8. The highest BCUT2D eigenvalue weighted by Gasteiger charge is 2.36. The molecule has 2 atom stereocenters. The molecule has 0 bridgehead atoms. The van der Waals surface area contributed by atoms with Gasteiger partial charge in [-0.15, -0.1) is 0 Å². The third kappa shape index (κ3) is 5.38. The number of aliphatic imine (C=N–C) groups is 1. The van der Waals surface area contributed by atoms with Crippen molar-refractivity contribution in [2.24, 2.45) is 4.99 Å². The fourth-order valence-corrected chi connectivity index (χ4v) is 4.77. The predicted octanol–water partition coefficient (Wildman–Crippen LogP) is 8.60. The molecule has 1 aromatic carbocycles. The van der Waals surface area contributed by atoms with E-state index < -0.39 is 0 Å². The van der Waals surface area contributed by atoms with Crippen LogP contribution < -0.4 is 5.32 Å². The summed E-state index contributed by atoms with van der Waals surface area (Å²) < 4.78 is 0. The van der Waals surface area contributed by atoms with Crippen LogP contribution in [0.1, 0.15) is 83.9 Å². The molecule has 0 saturated heterocycles. The van der Waals surface area contributed by atoms with E-state index in [9.17, 15) is 0 Å². The third-order valence-electron chi connectivity index (χ3n) is 6.86. The van der Waals surface area contributed by atoms with E-state index in [-0.39, 0.29) is 5.41 Å². The number of hydrogen-bond donors (Lipinski definition) is 1. The summed E-state index contributed by atoms with van der Waals surface area (Å²) in [5.74, 6) is 0.330. The van der Waals surface area contributed by atoms with Gasteiger partial charge in [-0.2, -0.15) is 0 Å². The van der Waals surface area contributed by atoms with E-state index in [2.05, 4.69) is 103 Å². The minimum Gasteiger partial charge on any atom is -0.359 e. The van der Waals surface area contributed by atoms with Crippen molar-refractivity contribution in [1.29, 1.82) is 0 Å². The average Bonchev–Trinajstić information content (AvgIpc) is 2.77. The molecule has 0 spiro atoms. The summed E-state index contributed by atoms with van der Waals surface area (Å²) in [6.07, 6.45) is 12.5. The van der Waals surface area contributed by atoms with Gasteiger partial charge in [-0.25, -0.2) is 0 Å². The lowest BCUT2D eigenvalue weighted by Gasteiger charge is -2.37. The Morgan fingerprint density at radius 3 is 2.42 bits per heavy atom. The Kier molecular flexibility index (Phi) is 9.05. The first-order valence-corrected chi connectivity index (χ1v) is 12.1. The molecule has 0 saturated carbocycles. The predicted molar refractivity (Wildman–Crippen MR) is 147 cm³/mol. The topological polar surface area (TPSA) is 24.4 Å². The van der Waals surface area contributed by atoms with Crippen molar-refractivity contribution in [3.05, 3.63) is 106 Å². The number of aryl methyl sites for hydroxylation is 1. The van der Waals surface area contributed by atoms with Crippen LogP contribution >= 0.6 is 0 Å². The van der Waals surface area contributed by atoms with Gasteiger partial charge in [0.2, 0.25) is 0 Å². The standard InChI is InChI=1S/C31H42N2/c1-11-15-29-28(13-3)31(18-12-2,20-30(32-14-4)24(9)25(10)33-29)26-16-17-27(22(7)19-26)23(8)21(5)6/h11,13-17,19-20,23,33H,3,5,12,18H2,1-2,4,6-10H3/b15-11-,25-24+,29-28-,30-20+,32-14?. The maximum atomic E-state index is 4.80. The van der Waals surface area contributed by atoms with Gasteiger partial charge < -0.3 is 5.32 Å². The second kappa shape index (κ2) is 11.3. The normalized spacial score (nSPS) is 26.5. The monoisotopic (exact) mass is 442 g/mol. The van der Waals surface area contributed by atoms with Gasteiger partial charge in [-0.05, 0) is 88.0 Å². The molecular formula is C31H42N2. The minimum atomic E-state index is -0.349. The van der Waals surface area contributed by atoms with Crippen molar-refractivity contribution in [2.45, 2.75) is 79.6 Å². The summed E-state index contributed by atoms with van der Waals surface area (Å²) in [7, 11) is 0. The maximum Gasteiger partial charge on any atom is 0.0644 e. The molecule has 1 aliphatic heterocycles. The Hall–Kier alpha value is -2.87. The fourth-order valence-electron chi connectivity index (χ4n) is 4.77. The van der Waals surface area contributed by atoms with Crippen LogP contribution in [0.5, 0.6) is 0 Å². The van der Waals surface area contributed by atoms with E-state index in [4.69, 9.17) is 4.99 Å². The first kappa shape index (κ1) is 26.4. The van der Waals surface area contributed by atoms with Gasteiger partial charge in [0.15, 0.2) is 0 Å². The highest BCUT2D eigenvalue weighted by atomic mass is 14.9. The maximum absolute atomic E-state index is 4.80. The zero-order valence-corrected chi connectivity index (χ0v) is 22.0. The summed E-state index contributed by atoms with van der Waals surface area (Å²) >= 11 is 0. The van der Waals surface area contributed by atoms with Gasteiger partial charge in [0.05, 0.1) is 5.70 Å². The number of nitrogens with zero attached hydrogens (tertiary/aromatic N) is 1. The lowest BCUT2D eigenvalue weighted by Crippen LogP contribution is -2.31. The van der Waals surface area contributed by atoms with Gasteiger partial charge in [-0.3, -0.25) is 4.99 Å².